The average molecular weight is 404 g/mol. The van der Waals surface area contributed by atoms with Gasteiger partial charge in [-0.05, 0) is 41.1 Å². The zero-order valence-corrected chi connectivity index (χ0v) is 16.2. The molecule has 7 heteroatoms. The Labute approximate surface area is 164 Å². The fourth-order valence-electron chi connectivity index (χ4n) is 2.17. The van der Waals surface area contributed by atoms with Gasteiger partial charge in [-0.15, -0.1) is 0 Å². The van der Waals surface area contributed by atoms with Crippen molar-refractivity contribution in [2.75, 3.05) is 0 Å². The molecule has 26 heavy (non-hydrogen) atoms. The summed E-state index contributed by atoms with van der Waals surface area (Å²) in [7, 11) is 0. The predicted octanol–water partition coefficient (Wildman–Crippen LogP) is 5.17. The van der Waals surface area contributed by atoms with Crippen LogP contribution in [0.2, 0.25) is 5.02 Å². The summed E-state index contributed by atoms with van der Waals surface area (Å²) < 4.78 is 5.72. The van der Waals surface area contributed by atoms with Crippen LogP contribution in [0.15, 0.2) is 59.2 Å². The van der Waals surface area contributed by atoms with E-state index in [0.717, 1.165) is 21.9 Å². The largest absolute Gasteiger partial charge is 0.425 e. The number of aliphatic imine (C=N–C) groups is 1. The quantitative estimate of drug-likeness (QED) is 0.400. The molecule has 1 aliphatic heterocycles. The van der Waals surface area contributed by atoms with Gasteiger partial charge in [-0.2, -0.15) is 0 Å². The maximum atomic E-state index is 12.2. The number of ether oxygens (including phenoxy) is 1. The van der Waals surface area contributed by atoms with E-state index < -0.39 is 5.97 Å². The molecule has 0 amide bonds. The van der Waals surface area contributed by atoms with Gasteiger partial charge < -0.3 is 4.74 Å². The van der Waals surface area contributed by atoms with Crippen molar-refractivity contribution in [3.05, 3.63) is 70.4 Å². The first-order valence-electron chi connectivity index (χ1n) is 7.68. The van der Waals surface area contributed by atoms with Gasteiger partial charge in [0, 0.05) is 12.7 Å². The lowest BCUT2D eigenvalue weighted by molar-refractivity contribution is -0.131. The minimum atomic E-state index is -0.440. The second-order valence-electron chi connectivity index (χ2n) is 5.35. The summed E-state index contributed by atoms with van der Waals surface area (Å²) in [4.78, 5) is 27.6. The summed E-state index contributed by atoms with van der Waals surface area (Å²) in [6.45, 7) is 1.31. The zero-order chi connectivity index (χ0) is 18.5. The summed E-state index contributed by atoms with van der Waals surface area (Å²) in [5, 5.41) is 0.205. The van der Waals surface area contributed by atoms with Crippen molar-refractivity contribution in [3.8, 4) is 5.75 Å². The van der Waals surface area contributed by atoms with Crippen LogP contribution in [0.3, 0.4) is 0 Å². The number of halogens is 1. The van der Waals surface area contributed by atoms with E-state index in [4.69, 9.17) is 16.3 Å². The normalized spacial score (nSPS) is 15.2. The molecule has 132 valence electrons. The van der Waals surface area contributed by atoms with Crippen molar-refractivity contribution < 1.29 is 14.3 Å². The maximum Gasteiger partial charge on any atom is 0.308 e. The van der Waals surface area contributed by atoms with Crippen LogP contribution in [-0.4, -0.2) is 15.5 Å². The van der Waals surface area contributed by atoms with Crippen LogP contribution in [0, 0.1) is 0 Å². The molecule has 0 aromatic heterocycles. The number of carbonyl (C=O) groups is 2. The third-order valence-corrected chi connectivity index (χ3v) is 5.69. The Morgan fingerprint density at radius 2 is 2.04 bits per heavy atom. The molecule has 3 rings (SSSR count). The van der Waals surface area contributed by atoms with E-state index in [0.29, 0.717) is 16.3 Å². The number of rotatable bonds is 4. The van der Waals surface area contributed by atoms with Crippen molar-refractivity contribution >= 4 is 56.7 Å². The van der Waals surface area contributed by atoms with Crippen LogP contribution in [-0.2, 0) is 15.3 Å². The molecule has 0 fully saturated rings. The lowest BCUT2D eigenvalue weighted by Gasteiger charge is -2.04. The Morgan fingerprint density at radius 3 is 2.73 bits per heavy atom. The molecule has 1 heterocycles. The fourth-order valence-corrected chi connectivity index (χ4v) is 4.20. The van der Waals surface area contributed by atoms with E-state index in [-0.39, 0.29) is 10.9 Å². The molecule has 0 unspecified atom stereocenters. The minimum Gasteiger partial charge on any atom is -0.425 e. The molecular formula is C19H14ClNO3S2. The van der Waals surface area contributed by atoms with E-state index in [1.807, 2.05) is 30.3 Å². The van der Waals surface area contributed by atoms with Gasteiger partial charge in [0.05, 0.1) is 5.02 Å². The standard InChI is InChI=1S/C19H14ClNO3S2/c1-12(22)24-17-8-7-14(9-15(17)20)10-16-18(23)26-19(21-16)25-11-13-5-3-2-4-6-13/h2-10H,11H2,1H3/b16-10+. The summed E-state index contributed by atoms with van der Waals surface area (Å²) in [6, 6.07) is 15.0. The minimum absolute atomic E-state index is 0.0965. The maximum absolute atomic E-state index is 12.2. The Bertz CT molecular complexity index is 910. The van der Waals surface area contributed by atoms with Crippen molar-refractivity contribution in [3.63, 3.8) is 0 Å². The van der Waals surface area contributed by atoms with Gasteiger partial charge in [0.2, 0.25) is 5.12 Å². The molecule has 0 saturated carbocycles. The highest BCUT2D eigenvalue weighted by molar-refractivity contribution is 8.45. The SMILES string of the molecule is CC(=O)Oc1ccc(/C=C2/N=C(SCc3ccccc3)SC2=O)cc1Cl. The zero-order valence-electron chi connectivity index (χ0n) is 13.8. The highest BCUT2D eigenvalue weighted by Crippen LogP contribution is 2.33. The first-order valence-corrected chi connectivity index (χ1v) is 9.86. The van der Waals surface area contributed by atoms with Crippen LogP contribution in [0.25, 0.3) is 6.08 Å². The van der Waals surface area contributed by atoms with E-state index in [1.165, 1.54) is 24.2 Å². The predicted molar refractivity (Wildman–Crippen MR) is 109 cm³/mol. The number of benzene rings is 2. The first kappa shape index (κ1) is 18.8. The van der Waals surface area contributed by atoms with E-state index in [1.54, 1.807) is 24.3 Å². The van der Waals surface area contributed by atoms with Crippen molar-refractivity contribution in [1.29, 1.82) is 0 Å². The highest BCUT2D eigenvalue weighted by Gasteiger charge is 2.22. The number of hydrogen-bond acceptors (Lipinski definition) is 6. The molecule has 0 saturated heterocycles. The molecule has 2 aromatic rings. The lowest BCUT2D eigenvalue weighted by atomic mass is 10.2. The van der Waals surface area contributed by atoms with Gasteiger partial charge in [0.1, 0.15) is 15.8 Å². The van der Waals surface area contributed by atoms with Crippen LogP contribution in [0.5, 0.6) is 5.75 Å². The second kappa shape index (κ2) is 8.58. The van der Waals surface area contributed by atoms with E-state index in [9.17, 15) is 9.59 Å². The second-order valence-corrected chi connectivity index (χ2v) is 7.95. The van der Waals surface area contributed by atoms with Crippen LogP contribution in [0.4, 0.5) is 0 Å². The van der Waals surface area contributed by atoms with Gasteiger partial charge in [-0.1, -0.05) is 59.8 Å². The van der Waals surface area contributed by atoms with Crippen LogP contribution < -0.4 is 4.74 Å². The Kier molecular flexibility index (Phi) is 6.19. The van der Waals surface area contributed by atoms with Crippen molar-refractivity contribution in [2.45, 2.75) is 12.7 Å². The molecule has 0 N–H and O–H groups in total. The van der Waals surface area contributed by atoms with Crippen LogP contribution >= 0.6 is 35.1 Å². The molecule has 0 atom stereocenters. The van der Waals surface area contributed by atoms with Gasteiger partial charge in [-0.25, -0.2) is 4.99 Å². The van der Waals surface area contributed by atoms with Gasteiger partial charge >= 0.3 is 5.97 Å². The third-order valence-electron chi connectivity index (χ3n) is 3.32. The van der Waals surface area contributed by atoms with E-state index >= 15 is 0 Å². The Balaban J connectivity index is 1.71. The monoisotopic (exact) mass is 403 g/mol. The summed E-state index contributed by atoms with van der Waals surface area (Å²) in [5.74, 6) is 0.608. The highest BCUT2D eigenvalue weighted by atomic mass is 35.5. The van der Waals surface area contributed by atoms with Gasteiger partial charge in [0.25, 0.3) is 0 Å². The Hall–Kier alpha value is -2.02. The van der Waals surface area contributed by atoms with Crippen molar-refractivity contribution in [2.24, 2.45) is 4.99 Å². The van der Waals surface area contributed by atoms with Crippen LogP contribution in [0.1, 0.15) is 18.1 Å². The molecule has 1 aliphatic rings. The molecule has 0 spiro atoms. The number of thioether (sulfide) groups is 2. The number of hydrogen-bond donors (Lipinski definition) is 0. The summed E-state index contributed by atoms with van der Waals surface area (Å²) >= 11 is 8.77. The van der Waals surface area contributed by atoms with Crippen molar-refractivity contribution in [1.82, 2.24) is 0 Å². The van der Waals surface area contributed by atoms with Gasteiger partial charge in [0.15, 0.2) is 0 Å². The number of carbonyl (C=O) groups excluding carboxylic acids is 2. The third kappa shape index (κ3) is 5.00. The number of nitrogens with zero attached hydrogens (tertiary/aromatic N) is 1. The fraction of sp³-hybridized carbons (Fsp3) is 0.105. The average Bonchev–Trinajstić information content (AvgIpc) is 2.96. The topological polar surface area (TPSA) is 55.7 Å². The van der Waals surface area contributed by atoms with E-state index in [2.05, 4.69) is 4.99 Å². The molecule has 0 radical (unpaired) electrons. The molecule has 0 bridgehead atoms. The summed E-state index contributed by atoms with van der Waals surface area (Å²) in [5.41, 5.74) is 2.27. The molecule has 4 nitrogen and oxygen atoms in total. The first-order chi connectivity index (χ1) is 12.5. The smallest absolute Gasteiger partial charge is 0.308 e. The molecular weight excluding hydrogens is 390 g/mol. The Morgan fingerprint density at radius 1 is 1.27 bits per heavy atom. The summed E-state index contributed by atoms with van der Waals surface area (Å²) in [6.07, 6.45) is 1.68. The lowest BCUT2D eigenvalue weighted by Crippen LogP contribution is -2.01. The van der Waals surface area contributed by atoms with Gasteiger partial charge in [-0.3, -0.25) is 9.59 Å². The molecule has 0 aliphatic carbocycles. The molecule has 2 aromatic carbocycles. The number of esters is 1.